The van der Waals surface area contributed by atoms with Crippen LogP contribution in [-0.2, 0) is 5.41 Å². The third kappa shape index (κ3) is 7.23. The zero-order chi connectivity index (χ0) is 23.0. The summed E-state index contributed by atoms with van der Waals surface area (Å²) in [6.45, 7) is 21.1. The van der Waals surface area contributed by atoms with Crippen molar-refractivity contribution < 1.29 is 14.6 Å². The maximum atomic E-state index is 9.85. The van der Waals surface area contributed by atoms with Crippen molar-refractivity contribution in [3.8, 4) is 17.6 Å². The van der Waals surface area contributed by atoms with Crippen molar-refractivity contribution >= 4 is 0 Å². The van der Waals surface area contributed by atoms with E-state index in [-0.39, 0.29) is 6.10 Å². The van der Waals surface area contributed by atoms with Gasteiger partial charge in [-0.05, 0) is 50.7 Å². The monoisotopic (exact) mass is 407 g/mol. The minimum atomic E-state index is -0.568. The number of nitriles is 1. The summed E-state index contributed by atoms with van der Waals surface area (Å²) >= 11 is 0. The third-order valence-electron chi connectivity index (χ3n) is 4.70. The fourth-order valence-corrected chi connectivity index (χ4v) is 3.65. The lowest BCUT2D eigenvalue weighted by Crippen LogP contribution is -2.34. The van der Waals surface area contributed by atoms with E-state index in [2.05, 4.69) is 12.1 Å². The van der Waals surface area contributed by atoms with Crippen molar-refractivity contribution in [1.82, 2.24) is 0 Å². The van der Waals surface area contributed by atoms with Gasteiger partial charge in [0.2, 0.25) is 0 Å². The summed E-state index contributed by atoms with van der Waals surface area (Å²) in [6.07, 6.45) is 2.38. The van der Waals surface area contributed by atoms with E-state index in [1.807, 2.05) is 69.2 Å². The fourth-order valence-electron chi connectivity index (χ4n) is 3.65. The molecule has 3 rings (SSSR count). The van der Waals surface area contributed by atoms with Crippen LogP contribution < -0.4 is 9.47 Å². The van der Waals surface area contributed by atoms with Crippen LogP contribution in [0, 0.1) is 25.2 Å². The lowest BCUT2D eigenvalue weighted by molar-refractivity contribution is 0.106. The molecule has 0 unspecified atom stereocenters. The highest BCUT2D eigenvalue weighted by molar-refractivity contribution is 5.60. The first-order valence-electron chi connectivity index (χ1n) is 11.6. The van der Waals surface area contributed by atoms with E-state index < -0.39 is 5.41 Å². The van der Waals surface area contributed by atoms with E-state index in [1.165, 1.54) is 0 Å². The summed E-state index contributed by atoms with van der Waals surface area (Å²) in [6, 6.07) is 4.59. The number of aryl methyl sites for hydroxylation is 2. The second-order valence-corrected chi connectivity index (χ2v) is 6.17. The highest BCUT2D eigenvalue weighted by Gasteiger charge is 2.41. The number of hydrogen-bond acceptors (Lipinski definition) is 4. The Morgan fingerprint density at radius 3 is 1.76 bits per heavy atom. The Morgan fingerprint density at radius 2 is 1.31 bits per heavy atom. The molecule has 0 saturated heterocycles. The molecule has 1 aromatic rings. The van der Waals surface area contributed by atoms with Crippen LogP contribution in [0.15, 0.2) is 6.07 Å². The first kappa shape index (κ1) is 29.5. The zero-order valence-electron chi connectivity index (χ0n) is 20.6. The van der Waals surface area contributed by atoms with Gasteiger partial charge < -0.3 is 14.6 Å². The molecule has 4 nitrogen and oxygen atoms in total. The number of benzene rings is 1. The largest absolute Gasteiger partial charge is 0.486 e. The van der Waals surface area contributed by atoms with Gasteiger partial charge in [-0.15, -0.1) is 0 Å². The van der Waals surface area contributed by atoms with Crippen LogP contribution in [0.25, 0.3) is 0 Å². The number of fused-ring (bicyclic) bond motifs is 1. The molecule has 0 aromatic heterocycles. The highest BCUT2D eigenvalue weighted by Crippen LogP contribution is 2.49. The smallest absolute Gasteiger partial charge is 0.166 e. The van der Waals surface area contributed by atoms with Gasteiger partial charge in [-0.25, -0.2) is 0 Å². The molecule has 1 saturated carbocycles. The molecule has 1 heterocycles. The van der Waals surface area contributed by atoms with Crippen LogP contribution in [0.5, 0.6) is 11.5 Å². The number of aliphatic hydroxyl groups is 1. The van der Waals surface area contributed by atoms with E-state index in [0.717, 1.165) is 28.2 Å². The number of rotatable bonds is 1. The Bertz CT molecular complexity index is 597. The van der Waals surface area contributed by atoms with Crippen molar-refractivity contribution in [3.63, 3.8) is 0 Å². The lowest BCUT2D eigenvalue weighted by atomic mass is 9.68. The summed E-state index contributed by atoms with van der Waals surface area (Å²) in [5.74, 6) is 1.53. The van der Waals surface area contributed by atoms with Crippen molar-refractivity contribution in [3.05, 3.63) is 22.8 Å². The Morgan fingerprint density at radius 1 is 0.862 bits per heavy atom. The zero-order valence-corrected chi connectivity index (χ0v) is 20.6. The number of nitrogens with zero attached hydrogens (tertiary/aromatic N) is 1. The normalized spacial score (nSPS) is 21.1. The third-order valence-corrected chi connectivity index (χ3v) is 4.70. The van der Waals surface area contributed by atoms with Crippen LogP contribution >= 0.6 is 0 Å². The van der Waals surface area contributed by atoms with Gasteiger partial charge in [0.05, 0.1) is 17.6 Å². The number of hydrogen-bond donors (Lipinski definition) is 1. The van der Waals surface area contributed by atoms with Crippen molar-refractivity contribution in [2.75, 3.05) is 13.2 Å². The quantitative estimate of drug-likeness (QED) is 0.551. The van der Waals surface area contributed by atoms with Crippen LogP contribution in [0.3, 0.4) is 0 Å². The molecule has 1 N–H and O–H groups in total. The van der Waals surface area contributed by atoms with Gasteiger partial charge in [-0.1, -0.05) is 61.5 Å². The average Bonchev–Trinajstić information content (AvgIpc) is 2.81. The van der Waals surface area contributed by atoms with Gasteiger partial charge in [0.1, 0.15) is 13.2 Å². The van der Waals surface area contributed by atoms with Crippen molar-refractivity contribution in [1.29, 1.82) is 5.26 Å². The Balaban J connectivity index is 0. The summed E-state index contributed by atoms with van der Waals surface area (Å²) < 4.78 is 11.7. The van der Waals surface area contributed by atoms with Gasteiger partial charge >= 0.3 is 0 Å². The topological polar surface area (TPSA) is 62.5 Å². The highest BCUT2D eigenvalue weighted by atomic mass is 16.6. The van der Waals surface area contributed by atoms with Gasteiger partial charge in [0.25, 0.3) is 0 Å². The maximum absolute atomic E-state index is 9.85. The molecule has 0 radical (unpaired) electrons. The molecule has 1 aliphatic carbocycles. The van der Waals surface area contributed by atoms with Gasteiger partial charge in [-0.2, -0.15) is 5.26 Å². The van der Waals surface area contributed by atoms with Crippen LogP contribution in [-0.4, -0.2) is 24.4 Å². The average molecular weight is 408 g/mol. The summed E-state index contributed by atoms with van der Waals surface area (Å²) in [5.41, 5.74) is 2.53. The predicted octanol–water partition coefficient (Wildman–Crippen LogP) is 6.88. The first-order valence-corrected chi connectivity index (χ1v) is 11.6. The molecule has 1 aliphatic heterocycles. The van der Waals surface area contributed by atoms with E-state index in [0.29, 0.717) is 38.9 Å². The molecule has 0 spiro atoms. The Hall–Kier alpha value is -1.73. The summed E-state index contributed by atoms with van der Waals surface area (Å²) in [4.78, 5) is 0. The lowest BCUT2D eigenvalue weighted by Gasteiger charge is -2.37. The molecule has 2 aliphatic rings. The Kier molecular flexibility index (Phi) is 16.4. The molecular formula is C25H45NO3. The minimum Gasteiger partial charge on any atom is -0.486 e. The van der Waals surface area contributed by atoms with Gasteiger partial charge in [0.15, 0.2) is 11.5 Å². The van der Waals surface area contributed by atoms with E-state index in [4.69, 9.17) is 9.47 Å². The van der Waals surface area contributed by atoms with Crippen LogP contribution in [0.1, 0.15) is 97.8 Å². The van der Waals surface area contributed by atoms with E-state index >= 15 is 0 Å². The molecule has 0 bridgehead atoms. The van der Waals surface area contributed by atoms with Crippen molar-refractivity contribution in [2.45, 2.75) is 106 Å². The molecule has 0 atom stereocenters. The van der Waals surface area contributed by atoms with Crippen LogP contribution in [0.4, 0.5) is 0 Å². The summed E-state index contributed by atoms with van der Waals surface area (Å²) in [7, 11) is 0. The van der Waals surface area contributed by atoms with Gasteiger partial charge in [-0.3, -0.25) is 0 Å². The molecule has 1 fully saturated rings. The molecule has 4 heteroatoms. The number of aliphatic hydroxyl groups excluding tert-OH is 1. The SMILES string of the molecule is CC.CC.CC.CC.Cc1cc(C)c(C2(C#N)CCC(O)CC2)c2c1OCCO2. The Labute approximate surface area is 180 Å². The van der Waals surface area contributed by atoms with Crippen molar-refractivity contribution in [2.24, 2.45) is 0 Å². The van der Waals surface area contributed by atoms with Gasteiger partial charge in [0, 0.05) is 5.56 Å². The summed E-state index contributed by atoms with van der Waals surface area (Å²) in [5, 5.41) is 19.6. The predicted molar refractivity (Wildman–Crippen MR) is 124 cm³/mol. The number of ether oxygens (including phenoxy) is 2. The molecule has 1 aromatic carbocycles. The standard InChI is InChI=1S/C17H21NO3.4C2H6/c1-11-9-12(2)15-16(21-8-7-20-15)14(11)17(10-18)5-3-13(19)4-6-17;4*1-2/h9,13,19H,3-8H2,1-2H3;4*1-2H3. The van der Waals surface area contributed by atoms with E-state index in [1.54, 1.807) is 0 Å². The molecular weight excluding hydrogens is 362 g/mol. The minimum absolute atomic E-state index is 0.287. The van der Waals surface area contributed by atoms with Crippen LogP contribution in [0.2, 0.25) is 0 Å². The van der Waals surface area contributed by atoms with E-state index in [9.17, 15) is 10.4 Å². The fraction of sp³-hybridized carbons (Fsp3) is 0.720. The first-order chi connectivity index (χ1) is 14.1. The second-order valence-electron chi connectivity index (χ2n) is 6.17. The molecule has 29 heavy (non-hydrogen) atoms. The molecule has 0 amide bonds. The molecule has 168 valence electrons. The second kappa shape index (κ2) is 16.1. The maximum Gasteiger partial charge on any atom is 0.166 e.